The summed E-state index contributed by atoms with van der Waals surface area (Å²) in [7, 11) is -3.49. The summed E-state index contributed by atoms with van der Waals surface area (Å²) < 4.78 is 42.1. The largest absolute Gasteiger partial charge is 0.352 e. The van der Waals surface area contributed by atoms with Gasteiger partial charge in [-0.05, 0) is 61.1 Å². The molecule has 2 aromatic carbocycles. The van der Waals surface area contributed by atoms with Crippen LogP contribution < -0.4 is 5.32 Å². The number of carbonyl (C=O) groups is 1. The van der Waals surface area contributed by atoms with Crippen molar-refractivity contribution in [3.05, 3.63) is 77.9 Å². The minimum Gasteiger partial charge on any atom is -0.352 e. The SMILES string of the molecule is CC(C)c1c(C(=O)NCC2CCN(S(=O)(=O)c3ccccc3)CC2)cnn1-c1ccc(F)cc1. The molecule has 3 aromatic rings. The number of carbonyl (C=O) groups excluding carboxylic acids is 1. The van der Waals surface area contributed by atoms with E-state index in [0.29, 0.717) is 48.6 Å². The fourth-order valence-corrected chi connectivity index (χ4v) is 5.79. The van der Waals surface area contributed by atoms with Crippen molar-refractivity contribution in [1.82, 2.24) is 19.4 Å². The van der Waals surface area contributed by atoms with Gasteiger partial charge in [-0.3, -0.25) is 4.79 Å². The fourth-order valence-electron chi connectivity index (χ4n) is 4.30. The number of piperidine rings is 1. The number of halogens is 1. The summed E-state index contributed by atoms with van der Waals surface area (Å²) in [5.74, 6) is -0.320. The second-order valence-corrected chi connectivity index (χ2v) is 10.8. The highest BCUT2D eigenvalue weighted by Gasteiger charge is 2.30. The average molecular weight is 485 g/mol. The normalized spacial score (nSPS) is 15.5. The van der Waals surface area contributed by atoms with E-state index in [0.717, 1.165) is 5.69 Å². The highest BCUT2D eigenvalue weighted by molar-refractivity contribution is 7.89. The van der Waals surface area contributed by atoms with Crippen LogP contribution in [-0.2, 0) is 10.0 Å². The van der Waals surface area contributed by atoms with Crippen molar-refractivity contribution in [2.75, 3.05) is 19.6 Å². The Kier molecular flexibility index (Phi) is 7.13. The summed E-state index contributed by atoms with van der Waals surface area (Å²) in [6.45, 7) is 5.29. The van der Waals surface area contributed by atoms with E-state index < -0.39 is 10.0 Å². The van der Waals surface area contributed by atoms with Gasteiger partial charge in [-0.2, -0.15) is 9.40 Å². The molecule has 2 heterocycles. The molecule has 0 spiro atoms. The molecule has 1 N–H and O–H groups in total. The lowest BCUT2D eigenvalue weighted by Crippen LogP contribution is -2.41. The molecule has 4 rings (SSSR count). The van der Waals surface area contributed by atoms with Crippen molar-refractivity contribution in [3.63, 3.8) is 0 Å². The van der Waals surface area contributed by atoms with E-state index in [2.05, 4.69) is 10.4 Å². The van der Waals surface area contributed by atoms with Gasteiger partial charge in [-0.1, -0.05) is 32.0 Å². The Morgan fingerprint density at radius 2 is 1.74 bits per heavy atom. The van der Waals surface area contributed by atoms with Gasteiger partial charge in [0.1, 0.15) is 5.82 Å². The maximum atomic E-state index is 13.3. The van der Waals surface area contributed by atoms with Gasteiger partial charge >= 0.3 is 0 Å². The first-order valence-electron chi connectivity index (χ1n) is 11.4. The topological polar surface area (TPSA) is 84.3 Å². The smallest absolute Gasteiger partial charge is 0.254 e. The van der Waals surface area contributed by atoms with E-state index in [1.165, 1.54) is 16.4 Å². The second kappa shape index (κ2) is 10.1. The number of nitrogens with zero attached hydrogens (tertiary/aromatic N) is 3. The number of hydrogen-bond donors (Lipinski definition) is 1. The van der Waals surface area contributed by atoms with Crippen LogP contribution in [0.4, 0.5) is 4.39 Å². The summed E-state index contributed by atoms with van der Waals surface area (Å²) in [6, 6.07) is 14.5. The highest BCUT2D eigenvalue weighted by atomic mass is 32.2. The van der Waals surface area contributed by atoms with Gasteiger partial charge in [0.25, 0.3) is 5.91 Å². The van der Waals surface area contributed by atoms with Crippen LogP contribution in [0.1, 0.15) is 48.7 Å². The molecule has 0 bridgehead atoms. The molecule has 9 heteroatoms. The Hall–Kier alpha value is -3.04. The van der Waals surface area contributed by atoms with Crippen LogP contribution in [0, 0.1) is 11.7 Å². The number of sulfonamides is 1. The molecule has 0 atom stereocenters. The summed E-state index contributed by atoms with van der Waals surface area (Å²) in [5.41, 5.74) is 1.94. The first-order chi connectivity index (χ1) is 16.3. The number of amides is 1. The Morgan fingerprint density at radius 1 is 1.09 bits per heavy atom. The molecule has 0 radical (unpaired) electrons. The predicted molar refractivity (Wildman–Crippen MR) is 128 cm³/mol. The van der Waals surface area contributed by atoms with Crippen molar-refractivity contribution in [2.24, 2.45) is 5.92 Å². The zero-order valence-corrected chi connectivity index (χ0v) is 20.1. The van der Waals surface area contributed by atoms with Gasteiger partial charge in [-0.25, -0.2) is 17.5 Å². The number of rotatable bonds is 7. The van der Waals surface area contributed by atoms with Crippen LogP contribution in [-0.4, -0.2) is 48.0 Å². The van der Waals surface area contributed by atoms with Gasteiger partial charge in [0.2, 0.25) is 10.0 Å². The third-order valence-electron chi connectivity index (χ3n) is 6.17. The molecule has 1 aliphatic heterocycles. The molecule has 7 nitrogen and oxygen atoms in total. The minimum absolute atomic E-state index is 0.0275. The maximum Gasteiger partial charge on any atom is 0.254 e. The Labute approximate surface area is 199 Å². The lowest BCUT2D eigenvalue weighted by molar-refractivity contribution is 0.0940. The van der Waals surface area contributed by atoms with Crippen LogP contribution in [0.5, 0.6) is 0 Å². The van der Waals surface area contributed by atoms with E-state index in [-0.39, 0.29) is 23.6 Å². The molecule has 1 aliphatic rings. The molecule has 180 valence electrons. The zero-order valence-electron chi connectivity index (χ0n) is 19.3. The molecule has 0 saturated carbocycles. The Morgan fingerprint density at radius 3 is 2.35 bits per heavy atom. The van der Waals surface area contributed by atoms with Crippen LogP contribution >= 0.6 is 0 Å². The summed E-state index contributed by atoms with van der Waals surface area (Å²) >= 11 is 0. The number of nitrogens with one attached hydrogen (secondary N) is 1. The van der Waals surface area contributed by atoms with Crippen LogP contribution in [0.25, 0.3) is 5.69 Å². The number of benzene rings is 2. The monoisotopic (exact) mass is 484 g/mol. The van der Waals surface area contributed by atoms with Crippen molar-refractivity contribution >= 4 is 15.9 Å². The van der Waals surface area contributed by atoms with E-state index in [1.807, 2.05) is 13.8 Å². The standard InChI is InChI=1S/C25H29FN4O3S/c1-18(2)24-23(17-28-30(24)21-10-8-20(26)9-11-21)25(31)27-16-19-12-14-29(15-13-19)34(32,33)22-6-4-3-5-7-22/h3-11,17-19H,12-16H2,1-2H3,(H,27,31). The van der Waals surface area contributed by atoms with Crippen LogP contribution in [0.3, 0.4) is 0 Å². The lowest BCUT2D eigenvalue weighted by atomic mass is 9.98. The van der Waals surface area contributed by atoms with E-state index in [1.54, 1.807) is 53.3 Å². The molecular formula is C25H29FN4O3S. The van der Waals surface area contributed by atoms with Crippen molar-refractivity contribution in [2.45, 2.75) is 37.5 Å². The zero-order chi connectivity index (χ0) is 24.3. The van der Waals surface area contributed by atoms with Crippen molar-refractivity contribution < 1.29 is 17.6 Å². The first kappa shape index (κ1) is 24.1. The lowest BCUT2D eigenvalue weighted by Gasteiger charge is -2.31. The molecule has 1 amide bonds. The Balaban J connectivity index is 1.38. The minimum atomic E-state index is -3.49. The van der Waals surface area contributed by atoms with E-state index in [4.69, 9.17) is 0 Å². The van der Waals surface area contributed by atoms with Crippen LogP contribution in [0.15, 0.2) is 65.7 Å². The summed E-state index contributed by atoms with van der Waals surface area (Å²) in [4.78, 5) is 13.3. The third-order valence-corrected chi connectivity index (χ3v) is 8.09. The molecule has 0 unspecified atom stereocenters. The quantitative estimate of drug-likeness (QED) is 0.550. The second-order valence-electron chi connectivity index (χ2n) is 8.86. The molecule has 1 saturated heterocycles. The number of hydrogen-bond acceptors (Lipinski definition) is 4. The summed E-state index contributed by atoms with van der Waals surface area (Å²) in [5, 5.41) is 7.38. The molecule has 0 aliphatic carbocycles. The predicted octanol–water partition coefficient (Wildman–Crippen LogP) is 3.97. The maximum absolute atomic E-state index is 13.3. The average Bonchev–Trinajstić information content (AvgIpc) is 3.29. The van der Waals surface area contributed by atoms with Crippen molar-refractivity contribution in [3.8, 4) is 5.69 Å². The van der Waals surface area contributed by atoms with Gasteiger partial charge in [0.15, 0.2) is 0 Å². The van der Waals surface area contributed by atoms with Crippen LogP contribution in [0.2, 0.25) is 0 Å². The highest BCUT2D eigenvalue weighted by Crippen LogP contribution is 2.25. The number of aromatic nitrogens is 2. The van der Waals surface area contributed by atoms with Gasteiger partial charge in [0, 0.05) is 19.6 Å². The van der Waals surface area contributed by atoms with Gasteiger partial charge < -0.3 is 5.32 Å². The molecule has 34 heavy (non-hydrogen) atoms. The van der Waals surface area contributed by atoms with Gasteiger partial charge in [-0.15, -0.1) is 0 Å². The molecular weight excluding hydrogens is 455 g/mol. The summed E-state index contributed by atoms with van der Waals surface area (Å²) in [6.07, 6.45) is 2.90. The Bertz CT molecular complexity index is 1230. The third kappa shape index (κ3) is 5.05. The first-order valence-corrected chi connectivity index (χ1v) is 12.9. The molecule has 1 aromatic heterocycles. The molecule has 1 fully saturated rings. The van der Waals surface area contributed by atoms with E-state index in [9.17, 15) is 17.6 Å². The van der Waals surface area contributed by atoms with E-state index >= 15 is 0 Å². The van der Waals surface area contributed by atoms with Crippen molar-refractivity contribution in [1.29, 1.82) is 0 Å². The fraction of sp³-hybridized carbons (Fsp3) is 0.360. The van der Waals surface area contributed by atoms with Gasteiger partial charge in [0.05, 0.1) is 28.0 Å².